The molecule has 1 aromatic carbocycles. The summed E-state index contributed by atoms with van der Waals surface area (Å²) >= 11 is 0. The predicted octanol–water partition coefficient (Wildman–Crippen LogP) is 3.33. The Hall–Kier alpha value is -1.35. The maximum atomic E-state index is 12.9. The summed E-state index contributed by atoms with van der Waals surface area (Å²) in [5.41, 5.74) is 1.20. The van der Waals surface area contributed by atoms with Crippen LogP contribution in [0.3, 0.4) is 0 Å². The van der Waals surface area contributed by atoms with E-state index >= 15 is 0 Å². The molecule has 1 aromatic rings. The van der Waals surface area contributed by atoms with Gasteiger partial charge in [0.05, 0.1) is 6.04 Å². The third-order valence-electron chi connectivity index (χ3n) is 5.21. The van der Waals surface area contributed by atoms with Crippen LogP contribution in [0.25, 0.3) is 0 Å². The second-order valence-electron chi connectivity index (χ2n) is 6.67. The fourth-order valence-corrected chi connectivity index (χ4v) is 3.39. The Morgan fingerprint density at radius 2 is 1.90 bits per heavy atom. The minimum absolute atomic E-state index is 0.0355. The maximum absolute atomic E-state index is 12.9. The van der Waals surface area contributed by atoms with Crippen LogP contribution in [0.5, 0.6) is 0 Å². The van der Waals surface area contributed by atoms with E-state index in [0.29, 0.717) is 17.9 Å². The number of hydrogen-bond acceptors (Lipinski definition) is 2. The van der Waals surface area contributed by atoms with E-state index in [4.69, 9.17) is 0 Å². The molecule has 1 amide bonds. The van der Waals surface area contributed by atoms with Gasteiger partial charge in [0, 0.05) is 6.04 Å². The molecule has 3 nitrogen and oxygen atoms in total. The van der Waals surface area contributed by atoms with E-state index in [1.54, 1.807) is 0 Å². The minimum atomic E-state index is -0.0404. The van der Waals surface area contributed by atoms with E-state index in [2.05, 4.69) is 55.3 Å². The van der Waals surface area contributed by atoms with Crippen LogP contribution in [0.2, 0.25) is 0 Å². The van der Waals surface area contributed by atoms with Crippen LogP contribution in [-0.2, 0) is 4.79 Å². The molecule has 0 aromatic heterocycles. The molecule has 0 radical (unpaired) electrons. The summed E-state index contributed by atoms with van der Waals surface area (Å²) in [4.78, 5) is 15.0. The van der Waals surface area contributed by atoms with Gasteiger partial charge < -0.3 is 4.90 Å². The number of hydrogen-bond donors (Lipinski definition) is 1. The van der Waals surface area contributed by atoms with Gasteiger partial charge in [0.2, 0.25) is 5.91 Å². The first kappa shape index (κ1) is 14.6. The van der Waals surface area contributed by atoms with Gasteiger partial charge in [0.1, 0.15) is 6.17 Å². The molecule has 2 fully saturated rings. The number of carbonyl (C=O) groups is 1. The zero-order valence-electron chi connectivity index (χ0n) is 13.3. The SMILES string of the molecule is CCC(C)C1NC(c2ccccc2)N(C(C)C2CC2)C1=O. The summed E-state index contributed by atoms with van der Waals surface area (Å²) in [6, 6.07) is 10.7. The van der Waals surface area contributed by atoms with E-state index in [1.807, 2.05) is 6.07 Å². The van der Waals surface area contributed by atoms with Crippen molar-refractivity contribution in [3.8, 4) is 0 Å². The highest BCUT2D eigenvalue weighted by Gasteiger charge is 2.46. The van der Waals surface area contributed by atoms with Gasteiger partial charge in [-0.1, -0.05) is 50.6 Å². The molecule has 0 bridgehead atoms. The molecule has 1 N–H and O–H groups in total. The molecule has 4 atom stereocenters. The average molecular weight is 286 g/mol. The monoisotopic (exact) mass is 286 g/mol. The smallest absolute Gasteiger partial charge is 0.241 e. The number of rotatable bonds is 5. The van der Waals surface area contributed by atoms with Gasteiger partial charge in [0.15, 0.2) is 0 Å². The molecular formula is C18H26N2O. The van der Waals surface area contributed by atoms with Crippen LogP contribution in [0.1, 0.15) is 51.8 Å². The third-order valence-corrected chi connectivity index (χ3v) is 5.21. The van der Waals surface area contributed by atoms with Crippen molar-refractivity contribution in [2.45, 2.75) is 58.3 Å². The highest BCUT2D eigenvalue weighted by molar-refractivity contribution is 5.85. The van der Waals surface area contributed by atoms with Gasteiger partial charge in [0.25, 0.3) is 0 Å². The molecule has 114 valence electrons. The van der Waals surface area contributed by atoms with E-state index in [0.717, 1.165) is 6.42 Å². The van der Waals surface area contributed by atoms with Crippen molar-refractivity contribution in [1.29, 1.82) is 0 Å². The fourth-order valence-electron chi connectivity index (χ4n) is 3.39. The van der Waals surface area contributed by atoms with Crippen LogP contribution in [0, 0.1) is 11.8 Å². The molecule has 1 heterocycles. The van der Waals surface area contributed by atoms with Crippen molar-refractivity contribution in [3.05, 3.63) is 35.9 Å². The predicted molar refractivity (Wildman–Crippen MR) is 84.6 cm³/mol. The molecule has 1 aliphatic heterocycles. The second-order valence-corrected chi connectivity index (χ2v) is 6.67. The van der Waals surface area contributed by atoms with Crippen molar-refractivity contribution in [2.75, 3.05) is 0 Å². The van der Waals surface area contributed by atoms with Crippen molar-refractivity contribution in [3.63, 3.8) is 0 Å². The van der Waals surface area contributed by atoms with Crippen LogP contribution in [-0.4, -0.2) is 22.9 Å². The molecule has 1 saturated heterocycles. The molecule has 2 aliphatic rings. The first-order valence-electron chi connectivity index (χ1n) is 8.26. The molecule has 0 spiro atoms. The van der Waals surface area contributed by atoms with Gasteiger partial charge in [-0.05, 0) is 37.2 Å². The van der Waals surface area contributed by atoms with Gasteiger partial charge >= 0.3 is 0 Å². The molecule has 3 rings (SSSR count). The first-order chi connectivity index (χ1) is 10.1. The molecule has 21 heavy (non-hydrogen) atoms. The molecule has 1 saturated carbocycles. The van der Waals surface area contributed by atoms with E-state index in [-0.39, 0.29) is 18.1 Å². The van der Waals surface area contributed by atoms with Crippen LogP contribution in [0.4, 0.5) is 0 Å². The van der Waals surface area contributed by atoms with Crippen LogP contribution in [0.15, 0.2) is 30.3 Å². The quantitative estimate of drug-likeness (QED) is 0.900. The lowest BCUT2D eigenvalue weighted by Gasteiger charge is -2.30. The standard InChI is InChI=1S/C18H26N2O/c1-4-12(2)16-18(21)20(13(3)14-10-11-14)17(19-16)15-8-6-5-7-9-15/h5-9,12-14,16-17,19H,4,10-11H2,1-3H3. The van der Waals surface area contributed by atoms with Gasteiger partial charge in [-0.25, -0.2) is 0 Å². The van der Waals surface area contributed by atoms with Crippen LogP contribution < -0.4 is 5.32 Å². The Morgan fingerprint density at radius 3 is 2.48 bits per heavy atom. The van der Waals surface area contributed by atoms with Crippen LogP contribution >= 0.6 is 0 Å². The summed E-state index contributed by atoms with van der Waals surface area (Å²) in [5, 5.41) is 3.60. The lowest BCUT2D eigenvalue weighted by Crippen LogP contribution is -2.40. The zero-order valence-corrected chi connectivity index (χ0v) is 13.3. The highest BCUT2D eigenvalue weighted by Crippen LogP contribution is 2.40. The number of amides is 1. The lowest BCUT2D eigenvalue weighted by atomic mass is 9.99. The van der Waals surface area contributed by atoms with Gasteiger partial charge in [-0.15, -0.1) is 0 Å². The molecular weight excluding hydrogens is 260 g/mol. The zero-order chi connectivity index (χ0) is 15.0. The number of nitrogens with zero attached hydrogens (tertiary/aromatic N) is 1. The Balaban J connectivity index is 1.89. The highest BCUT2D eigenvalue weighted by atomic mass is 16.2. The fraction of sp³-hybridized carbons (Fsp3) is 0.611. The van der Waals surface area contributed by atoms with E-state index < -0.39 is 0 Å². The summed E-state index contributed by atoms with van der Waals surface area (Å²) < 4.78 is 0. The third kappa shape index (κ3) is 2.71. The Bertz CT molecular complexity index is 497. The Kier molecular flexibility index (Phi) is 4.03. The van der Waals surface area contributed by atoms with E-state index in [9.17, 15) is 4.79 Å². The van der Waals surface area contributed by atoms with E-state index in [1.165, 1.54) is 18.4 Å². The normalized spacial score (nSPS) is 28.7. The summed E-state index contributed by atoms with van der Waals surface area (Å²) in [7, 11) is 0. The summed E-state index contributed by atoms with van der Waals surface area (Å²) in [6.07, 6.45) is 3.59. The molecule has 3 heteroatoms. The first-order valence-corrected chi connectivity index (χ1v) is 8.26. The Labute approximate surface area is 127 Å². The Morgan fingerprint density at radius 1 is 1.24 bits per heavy atom. The molecule has 4 unspecified atom stereocenters. The average Bonchev–Trinajstić information content (AvgIpc) is 3.30. The number of carbonyl (C=O) groups excluding carboxylic acids is 1. The van der Waals surface area contributed by atoms with Crippen molar-refractivity contribution < 1.29 is 4.79 Å². The van der Waals surface area contributed by atoms with Crippen molar-refractivity contribution in [1.82, 2.24) is 10.2 Å². The topological polar surface area (TPSA) is 32.3 Å². The summed E-state index contributed by atoms with van der Waals surface area (Å²) in [5.74, 6) is 1.36. The second kappa shape index (κ2) is 5.80. The number of nitrogens with one attached hydrogen (secondary N) is 1. The summed E-state index contributed by atoms with van der Waals surface area (Å²) in [6.45, 7) is 6.54. The maximum Gasteiger partial charge on any atom is 0.241 e. The van der Waals surface area contributed by atoms with Crippen molar-refractivity contribution in [2.24, 2.45) is 11.8 Å². The van der Waals surface area contributed by atoms with Gasteiger partial charge in [-0.3, -0.25) is 10.1 Å². The van der Waals surface area contributed by atoms with Crippen molar-refractivity contribution >= 4 is 5.91 Å². The largest absolute Gasteiger partial charge is 0.319 e. The lowest BCUT2D eigenvalue weighted by molar-refractivity contribution is -0.133. The molecule has 1 aliphatic carbocycles. The number of benzene rings is 1. The van der Waals surface area contributed by atoms with Gasteiger partial charge in [-0.2, -0.15) is 0 Å². The minimum Gasteiger partial charge on any atom is -0.319 e.